The molecule has 0 spiro atoms. The Morgan fingerprint density at radius 1 is 1.33 bits per heavy atom. The number of aryl methyl sites for hydroxylation is 1. The first kappa shape index (κ1) is 19.2. The second kappa shape index (κ2) is 9.99. The van der Waals surface area contributed by atoms with Crippen LogP contribution < -0.4 is 10.6 Å². The zero-order valence-corrected chi connectivity index (χ0v) is 16.5. The molecule has 5 nitrogen and oxygen atoms in total. The summed E-state index contributed by atoms with van der Waals surface area (Å²) in [6, 6.07) is 0. The third-order valence-electron chi connectivity index (χ3n) is 4.32. The highest BCUT2D eigenvalue weighted by molar-refractivity contribution is 7.09. The van der Waals surface area contributed by atoms with Gasteiger partial charge in [0.15, 0.2) is 5.96 Å². The predicted molar refractivity (Wildman–Crippen MR) is 104 cm³/mol. The minimum Gasteiger partial charge on any atom is -0.357 e. The lowest BCUT2D eigenvalue weighted by Gasteiger charge is -2.34. The molecule has 24 heavy (non-hydrogen) atoms. The predicted octanol–water partition coefficient (Wildman–Crippen LogP) is 2.53. The molecule has 1 fully saturated rings. The summed E-state index contributed by atoms with van der Waals surface area (Å²) in [4.78, 5) is 11.8. The Labute approximate surface area is 151 Å². The molecule has 6 heteroatoms. The number of hydrogen-bond acceptors (Lipinski definition) is 4. The van der Waals surface area contributed by atoms with Gasteiger partial charge in [-0.25, -0.2) is 4.98 Å². The van der Waals surface area contributed by atoms with Gasteiger partial charge in [0.1, 0.15) is 0 Å². The number of nitrogens with one attached hydrogen (secondary N) is 2. The largest absolute Gasteiger partial charge is 0.357 e. The Morgan fingerprint density at radius 3 is 2.71 bits per heavy atom. The van der Waals surface area contributed by atoms with Crippen LogP contribution in [0.3, 0.4) is 0 Å². The van der Waals surface area contributed by atoms with Crippen LogP contribution in [0.2, 0.25) is 0 Å². The van der Waals surface area contributed by atoms with E-state index in [9.17, 15) is 0 Å². The SMILES string of the molecule is CCNC(=NCCN1CC(C)CC(C)C1)NCCc1csc(C)n1. The summed E-state index contributed by atoms with van der Waals surface area (Å²) in [5, 5.41) is 10.0. The van der Waals surface area contributed by atoms with Gasteiger partial charge < -0.3 is 15.5 Å². The van der Waals surface area contributed by atoms with Crippen LogP contribution in [0.15, 0.2) is 10.4 Å². The van der Waals surface area contributed by atoms with E-state index >= 15 is 0 Å². The van der Waals surface area contributed by atoms with Gasteiger partial charge in [0.05, 0.1) is 17.2 Å². The van der Waals surface area contributed by atoms with Crippen molar-refractivity contribution >= 4 is 17.3 Å². The molecule has 0 aliphatic carbocycles. The maximum absolute atomic E-state index is 4.73. The van der Waals surface area contributed by atoms with Crippen molar-refractivity contribution in [2.45, 2.75) is 40.5 Å². The van der Waals surface area contributed by atoms with E-state index < -0.39 is 0 Å². The third-order valence-corrected chi connectivity index (χ3v) is 5.14. The number of guanidine groups is 1. The number of nitrogens with zero attached hydrogens (tertiary/aromatic N) is 3. The van der Waals surface area contributed by atoms with Gasteiger partial charge in [-0.05, 0) is 32.1 Å². The number of thiazole rings is 1. The standard InChI is InChI=1S/C18H33N5S/c1-5-19-18(20-7-6-17-13-24-16(4)22-17)21-8-9-23-11-14(2)10-15(3)12-23/h13-15H,5-12H2,1-4H3,(H2,19,20,21). The molecule has 2 N–H and O–H groups in total. The maximum Gasteiger partial charge on any atom is 0.191 e. The molecular weight excluding hydrogens is 318 g/mol. The minimum atomic E-state index is 0.811. The average Bonchev–Trinajstić information content (AvgIpc) is 2.92. The molecule has 1 aromatic heterocycles. The summed E-state index contributed by atoms with van der Waals surface area (Å²) in [5.41, 5.74) is 1.16. The molecule has 0 aromatic carbocycles. The fourth-order valence-electron chi connectivity index (χ4n) is 3.45. The van der Waals surface area contributed by atoms with Crippen molar-refractivity contribution in [2.75, 3.05) is 39.3 Å². The minimum absolute atomic E-state index is 0.811. The molecule has 0 amide bonds. The first-order chi connectivity index (χ1) is 11.6. The van der Waals surface area contributed by atoms with Crippen molar-refractivity contribution in [3.63, 3.8) is 0 Å². The Morgan fingerprint density at radius 2 is 2.08 bits per heavy atom. The van der Waals surface area contributed by atoms with E-state index in [2.05, 4.69) is 53.6 Å². The average molecular weight is 352 g/mol. The molecule has 2 heterocycles. The van der Waals surface area contributed by atoms with E-state index in [1.807, 2.05) is 0 Å². The van der Waals surface area contributed by atoms with Gasteiger partial charge >= 0.3 is 0 Å². The maximum atomic E-state index is 4.73. The number of hydrogen-bond donors (Lipinski definition) is 2. The topological polar surface area (TPSA) is 52.6 Å². The number of aliphatic imine (C=N–C) groups is 1. The van der Waals surface area contributed by atoms with Crippen LogP contribution in [0, 0.1) is 18.8 Å². The lowest BCUT2D eigenvalue weighted by molar-refractivity contribution is 0.145. The van der Waals surface area contributed by atoms with Crippen LogP contribution in [0.5, 0.6) is 0 Å². The first-order valence-electron chi connectivity index (χ1n) is 9.22. The lowest BCUT2D eigenvalue weighted by Crippen LogP contribution is -2.41. The van der Waals surface area contributed by atoms with Gasteiger partial charge in [-0.2, -0.15) is 0 Å². The van der Waals surface area contributed by atoms with E-state index in [1.165, 1.54) is 19.5 Å². The molecule has 1 saturated heterocycles. The summed E-state index contributed by atoms with van der Waals surface area (Å²) in [6.07, 6.45) is 2.30. The van der Waals surface area contributed by atoms with Crippen molar-refractivity contribution in [3.8, 4) is 0 Å². The molecule has 2 atom stereocenters. The molecule has 0 radical (unpaired) electrons. The number of aromatic nitrogens is 1. The molecule has 2 unspecified atom stereocenters. The lowest BCUT2D eigenvalue weighted by atomic mass is 9.92. The number of piperidine rings is 1. The van der Waals surface area contributed by atoms with E-state index in [1.54, 1.807) is 11.3 Å². The zero-order valence-electron chi connectivity index (χ0n) is 15.6. The highest BCUT2D eigenvalue weighted by Gasteiger charge is 2.20. The second-order valence-electron chi connectivity index (χ2n) is 7.00. The zero-order chi connectivity index (χ0) is 17.4. The fraction of sp³-hybridized carbons (Fsp3) is 0.778. The van der Waals surface area contributed by atoms with E-state index in [-0.39, 0.29) is 0 Å². The smallest absolute Gasteiger partial charge is 0.191 e. The van der Waals surface area contributed by atoms with Crippen LogP contribution in [-0.2, 0) is 6.42 Å². The van der Waals surface area contributed by atoms with Gasteiger partial charge in [0.2, 0.25) is 0 Å². The molecular formula is C18H33N5S. The summed E-state index contributed by atoms with van der Waals surface area (Å²) < 4.78 is 0. The second-order valence-corrected chi connectivity index (χ2v) is 8.06. The van der Waals surface area contributed by atoms with Crippen LogP contribution in [-0.4, -0.2) is 55.1 Å². The van der Waals surface area contributed by atoms with Gasteiger partial charge in [-0.3, -0.25) is 4.99 Å². The summed E-state index contributed by atoms with van der Waals surface area (Å²) in [5.74, 6) is 2.54. The van der Waals surface area contributed by atoms with E-state index in [0.29, 0.717) is 0 Å². The summed E-state index contributed by atoms with van der Waals surface area (Å²) >= 11 is 1.71. The number of rotatable bonds is 7. The molecule has 1 aliphatic rings. The highest BCUT2D eigenvalue weighted by Crippen LogP contribution is 2.20. The van der Waals surface area contributed by atoms with Crippen molar-refractivity contribution < 1.29 is 0 Å². The van der Waals surface area contributed by atoms with Crippen molar-refractivity contribution in [1.82, 2.24) is 20.5 Å². The third kappa shape index (κ3) is 6.77. The van der Waals surface area contributed by atoms with Crippen LogP contribution in [0.25, 0.3) is 0 Å². The molecule has 0 saturated carbocycles. The Kier molecular flexibility index (Phi) is 7.99. The monoisotopic (exact) mass is 351 g/mol. The van der Waals surface area contributed by atoms with Crippen LogP contribution in [0.4, 0.5) is 0 Å². The molecule has 1 aromatic rings. The van der Waals surface area contributed by atoms with E-state index in [4.69, 9.17) is 4.99 Å². The van der Waals surface area contributed by atoms with Crippen molar-refractivity contribution in [1.29, 1.82) is 0 Å². The van der Waals surface area contributed by atoms with Gasteiger partial charge in [0, 0.05) is 44.5 Å². The first-order valence-corrected chi connectivity index (χ1v) is 10.1. The van der Waals surface area contributed by atoms with Crippen molar-refractivity contribution in [3.05, 3.63) is 16.1 Å². The quantitative estimate of drug-likeness (QED) is 0.585. The highest BCUT2D eigenvalue weighted by atomic mass is 32.1. The van der Waals surface area contributed by atoms with Gasteiger partial charge in [-0.15, -0.1) is 11.3 Å². The van der Waals surface area contributed by atoms with Crippen LogP contribution >= 0.6 is 11.3 Å². The Hall–Kier alpha value is -1.14. The van der Waals surface area contributed by atoms with Crippen molar-refractivity contribution in [2.24, 2.45) is 16.8 Å². The van der Waals surface area contributed by atoms with Crippen LogP contribution in [0.1, 0.15) is 37.9 Å². The summed E-state index contributed by atoms with van der Waals surface area (Å²) in [6.45, 7) is 15.0. The summed E-state index contributed by atoms with van der Waals surface area (Å²) in [7, 11) is 0. The van der Waals surface area contributed by atoms with E-state index in [0.717, 1.165) is 61.1 Å². The molecule has 136 valence electrons. The number of likely N-dealkylation sites (tertiary alicyclic amines) is 1. The molecule has 2 rings (SSSR count). The van der Waals surface area contributed by atoms with Gasteiger partial charge in [0.25, 0.3) is 0 Å². The Balaban J connectivity index is 1.73. The normalized spacial score (nSPS) is 22.6. The molecule has 1 aliphatic heterocycles. The van der Waals surface area contributed by atoms with Gasteiger partial charge in [-0.1, -0.05) is 13.8 Å². The fourth-order valence-corrected chi connectivity index (χ4v) is 4.10. The molecule has 0 bridgehead atoms. The Bertz CT molecular complexity index is 503.